The Bertz CT molecular complexity index is 627. The largest absolute Gasteiger partial charge is 0.429 e. The molecule has 4 heteroatoms. The predicted octanol–water partition coefficient (Wildman–Crippen LogP) is 3.73. The smallest absolute Gasteiger partial charge is 0.278 e. The van der Waals surface area contributed by atoms with Crippen molar-refractivity contribution in [1.82, 2.24) is 9.97 Å². The van der Waals surface area contributed by atoms with Crippen LogP contribution in [0.15, 0.2) is 35.8 Å². The fraction of sp³-hybridized carbons (Fsp3) is 0.0833. The molecule has 0 radical (unpaired) electrons. The molecule has 1 aromatic carbocycles. The second kappa shape index (κ2) is 3.64. The van der Waals surface area contributed by atoms with Crippen LogP contribution in [0.2, 0.25) is 0 Å². The minimum absolute atomic E-state index is 0.683. The van der Waals surface area contributed by atoms with Crippen molar-refractivity contribution < 1.29 is 4.74 Å². The Kier molecular flexibility index (Phi) is 2.15. The van der Waals surface area contributed by atoms with Crippen molar-refractivity contribution in [3.63, 3.8) is 0 Å². The molecule has 2 heterocycles. The van der Waals surface area contributed by atoms with E-state index in [-0.39, 0.29) is 0 Å². The predicted molar refractivity (Wildman–Crippen MR) is 65.2 cm³/mol. The molecule has 80 valence electrons. The zero-order chi connectivity index (χ0) is 11.0. The van der Waals surface area contributed by atoms with Gasteiger partial charge >= 0.3 is 0 Å². The number of rotatable bonds is 2. The van der Waals surface area contributed by atoms with Crippen molar-refractivity contribution in [3.05, 3.63) is 41.5 Å². The first kappa shape index (κ1) is 9.42. The van der Waals surface area contributed by atoms with Gasteiger partial charge < -0.3 is 9.72 Å². The van der Waals surface area contributed by atoms with E-state index in [1.54, 1.807) is 0 Å². The summed E-state index contributed by atoms with van der Waals surface area (Å²) in [5, 5.41) is 3.74. The normalized spacial score (nSPS) is 10.8. The average Bonchev–Trinajstić information content (AvgIpc) is 2.87. The molecule has 0 aliphatic heterocycles. The third-order valence-corrected chi connectivity index (χ3v) is 3.18. The number of nitrogens with zero attached hydrogens (tertiary/aromatic N) is 1. The lowest BCUT2D eigenvalue weighted by atomic mass is 10.2. The lowest BCUT2D eigenvalue weighted by molar-refractivity contribution is 0.483. The molecule has 3 aromatic rings. The summed E-state index contributed by atoms with van der Waals surface area (Å²) in [7, 11) is 0. The molecule has 1 N–H and O–H groups in total. The van der Waals surface area contributed by atoms with Crippen molar-refractivity contribution in [2.24, 2.45) is 0 Å². The second-order valence-electron chi connectivity index (χ2n) is 3.56. The van der Waals surface area contributed by atoms with Crippen molar-refractivity contribution in [2.75, 3.05) is 0 Å². The lowest BCUT2D eigenvalue weighted by Crippen LogP contribution is -1.81. The highest BCUT2D eigenvalue weighted by Gasteiger charge is 2.06. The molecule has 0 bridgehead atoms. The number of aryl methyl sites for hydroxylation is 1. The maximum Gasteiger partial charge on any atom is 0.278 e. The van der Waals surface area contributed by atoms with Gasteiger partial charge in [0.2, 0.25) is 0 Å². The van der Waals surface area contributed by atoms with E-state index in [1.165, 1.54) is 11.3 Å². The maximum absolute atomic E-state index is 5.73. The van der Waals surface area contributed by atoms with E-state index in [1.807, 2.05) is 42.8 Å². The van der Waals surface area contributed by atoms with Gasteiger partial charge in [0.15, 0.2) is 5.75 Å². The van der Waals surface area contributed by atoms with Gasteiger partial charge in [-0.1, -0.05) is 23.5 Å². The lowest BCUT2D eigenvalue weighted by Gasteiger charge is -1.98. The van der Waals surface area contributed by atoms with Crippen LogP contribution in [0.25, 0.3) is 10.9 Å². The summed E-state index contributed by atoms with van der Waals surface area (Å²) in [6.45, 7) is 1.96. The summed E-state index contributed by atoms with van der Waals surface area (Å²) in [5.41, 5.74) is 2.06. The van der Waals surface area contributed by atoms with E-state index in [2.05, 4.69) is 9.97 Å². The molecule has 0 fully saturated rings. The number of H-pyrrole nitrogens is 1. The first-order valence-corrected chi connectivity index (χ1v) is 5.87. The summed E-state index contributed by atoms with van der Waals surface area (Å²) in [6.07, 6.45) is 1.86. The number of aromatic amines is 1. The molecule has 0 saturated carbocycles. The zero-order valence-electron chi connectivity index (χ0n) is 8.73. The van der Waals surface area contributed by atoms with E-state index in [4.69, 9.17) is 4.74 Å². The molecule has 0 spiro atoms. The van der Waals surface area contributed by atoms with Crippen LogP contribution in [0.3, 0.4) is 0 Å². The third kappa shape index (κ3) is 1.57. The van der Waals surface area contributed by atoms with Crippen LogP contribution in [-0.2, 0) is 0 Å². The number of nitrogens with one attached hydrogen (secondary N) is 1. The number of aromatic nitrogens is 2. The van der Waals surface area contributed by atoms with E-state index >= 15 is 0 Å². The molecule has 0 atom stereocenters. The fourth-order valence-electron chi connectivity index (χ4n) is 1.60. The third-order valence-electron chi connectivity index (χ3n) is 2.35. The van der Waals surface area contributed by atoms with Gasteiger partial charge in [-0.2, -0.15) is 0 Å². The zero-order valence-corrected chi connectivity index (χ0v) is 9.54. The van der Waals surface area contributed by atoms with Crippen molar-refractivity contribution >= 4 is 22.2 Å². The highest BCUT2D eigenvalue weighted by molar-refractivity contribution is 7.11. The van der Waals surface area contributed by atoms with Crippen molar-refractivity contribution in [2.45, 2.75) is 6.92 Å². The van der Waals surface area contributed by atoms with Gasteiger partial charge in [-0.15, -0.1) is 0 Å². The van der Waals surface area contributed by atoms with E-state index in [0.29, 0.717) is 5.19 Å². The maximum atomic E-state index is 5.73. The first-order chi connectivity index (χ1) is 7.83. The standard InChI is InChI=1S/C12H10N2OS/c1-8-7-16-12(14-8)15-11-6-13-10-5-3-2-4-9(10)11/h2-7,13H,1H3. The van der Waals surface area contributed by atoms with Crippen LogP contribution >= 0.6 is 11.3 Å². The van der Waals surface area contributed by atoms with Crippen molar-refractivity contribution in [3.8, 4) is 10.9 Å². The fourth-order valence-corrected chi connectivity index (χ4v) is 2.26. The first-order valence-electron chi connectivity index (χ1n) is 4.99. The summed E-state index contributed by atoms with van der Waals surface area (Å²) >= 11 is 1.51. The molecule has 0 aliphatic rings. The topological polar surface area (TPSA) is 37.9 Å². The van der Waals surface area contributed by atoms with Crippen LogP contribution in [0.4, 0.5) is 0 Å². The Hall–Kier alpha value is -1.81. The minimum Gasteiger partial charge on any atom is -0.429 e. The molecule has 0 aliphatic carbocycles. The van der Waals surface area contributed by atoms with Crippen molar-refractivity contribution in [1.29, 1.82) is 0 Å². The Morgan fingerprint density at radius 3 is 3.00 bits per heavy atom. The van der Waals surface area contributed by atoms with Crippen LogP contribution in [0.1, 0.15) is 5.69 Å². The van der Waals surface area contributed by atoms with Crippen LogP contribution in [0.5, 0.6) is 10.9 Å². The summed E-state index contributed by atoms with van der Waals surface area (Å²) in [5.74, 6) is 0.824. The Morgan fingerprint density at radius 2 is 2.19 bits per heavy atom. The average molecular weight is 230 g/mol. The monoisotopic (exact) mass is 230 g/mol. The molecule has 0 saturated heterocycles. The van der Waals surface area contributed by atoms with E-state index < -0.39 is 0 Å². The van der Waals surface area contributed by atoms with Crippen LogP contribution < -0.4 is 4.74 Å². The number of thiazole rings is 1. The summed E-state index contributed by atoms with van der Waals surface area (Å²) in [4.78, 5) is 7.44. The van der Waals surface area contributed by atoms with E-state index in [9.17, 15) is 0 Å². The number of hydrogen-bond donors (Lipinski definition) is 1. The molecule has 16 heavy (non-hydrogen) atoms. The number of para-hydroxylation sites is 1. The second-order valence-corrected chi connectivity index (χ2v) is 4.38. The highest BCUT2D eigenvalue weighted by atomic mass is 32.1. The molecular weight excluding hydrogens is 220 g/mol. The molecule has 0 unspecified atom stereocenters. The van der Waals surface area contributed by atoms with E-state index in [0.717, 1.165) is 22.3 Å². The molecular formula is C12H10N2OS. The molecule has 2 aromatic heterocycles. The Morgan fingerprint density at radius 1 is 1.31 bits per heavy atom. The number of hydrogen-bond acceptors (Lipinski definition) is 3. The Labute approximate surface area is 96.7 Å². The molecule has 0 amide bonds. The number of ether oxygens (including phenoxy) is 1. The number of fused-ring (bicyclic) bond motifs is 1. The summed E-state index contributed by atoms with van der Waals surface area (Å²) in [6, 6.07) is 8.04. The highest BCUT2D eigenvalue weighted by Crippen LogP contribution is 2.31. The quantitative estimate of drug-likeness (QED) is 0.728. The molecule has 3 nitrogen and oxygen atoms in total. The SMILES string of the molecule is Cc1csc(Oc2c[nH]c3ccccc23)n1. The Balaban J connectivity index is 2.00. The summed E-state index contributed by atoms with van der Waals surface area (Å²) < 4.78 is 5.73. The number of benzene rings is 1. The van der Waals surface area contributed by atoms with Gasteiger partial charge in [0, 0.05) is 22.5 Å². The van der Waals surface area contributed by atoms with Gasteiger partial charge in [0.1, 0.15) is 0 Å². The van der Waals surface area contributed by atoms with Crippen LogP contribution in [0, 0.1) is 6.92 Å². The van der Waals surface area contributed by atoms with Gasteiger partial charge in [-0.25, -0.2) is 4.98 Å². The minimum atomic E-state index is 0.683. The van der Waals surface area contributed by atoms with Gasteiger partial charge in [-0.3, -0.25) is 0 Å². The molecule has 3 rings (SSSR count). The van der Waals surface area contributed by atoms with Gasteiger partial charge in [0.25, 0.3) is 5.19 Å². The van der Waals surface area contributed by atoms with Gasteiger partial charge in [0.05, 0.1) is 5.69 Å². The van der Waals surface area contributed by atoms with Crippen LogP contribution in [-0.4, -0.2) is 9.97 Å². The van der Waals surface area contributed by atoms with Gasteiger partial charge in [-0.05, 0) is 19.1 Å².